The van der Waals surface area contributed by atoms with Crippen molar-refractivity contribution >= 4 is 15.6 Å². The van der Waals surface area contributed by atoms with Crippen molar-refractivity contribution in [3.8, 4) is 5.75 Å². The number of benzene rings is 1. The van der Waals surface area contributed by atoms with Crippen molar-refractivity contribution in [1.82, 2.24) is 0 Å². The van der Waals surface area contributed by atoms with Crippen LogP contribution in [0, 0.1) is 5.92 Å². The van der Waals surface area contributed by atoms with Crippen molar-refractivity contribution in [1.29, 1.82) is 0 Å². The van der Waals surface area contributed by atoms with E-state index < -0.39 is 9.84 Å². The fraction of sp³-hybridized carbons (Fsp3) is 0.562. The largest absolute Gasteiger partial charge is 0.497 e. The molecule has 2 bridgehead atoms. The van der Waals surface area contributed by atoms with E-state index in [2.05, 4.69) is 0 Å². The van der Waals surface area contributed by atoms with Crippen LogP contribution in [0.5, 0.6) is 5.75 Å². The predicted molar refractivity (Wildman–Crippen MR) is 80.4 cm³/mol. The predicted octanol–water partition coefficient (Wildman–Crippen LogP) is 2.62. The van der Waals surface area contributed by atoms with Gasteiger partial charge in [-0.25, -0.2) is 8.42 Å². The number of hydrogen-bond donors (Lipinski definition) is 0. The summed E-state index contributed by atoms with van der Waals surface area (Å²) in [6.07, 6.45) is 3.35. The number of Topliss-reactive ketones (excluding diaryl/α,β-unsaturated/α-hetero) is 1. The van der Waals surface area contributed by atoms with Crippen LogP contribution in [0.25, 0.3) is 0 Å². The van der Waals surface area contributed by atoms with Crippen LogP contribution in [0.2, 0.25) is 0 Å². The maximum atomic E-state index is 12.7. The summed E-state index contributed by atoms with van der Waals surface area (Å²) in [5, 5.41) is -0.630. The summed E-state index contributed by atoms with van der Waals surface area (Å²) in [6.45, 7) is 0. The number of fused-ring (bicyclic) bond motifs is 2. The quantitative estimate of drug-likeness (QED) is 0.805. The molecule has 0 N–H and O–H groups in total. The van der Waals surface area contributed by atoms with Crippen LogP contribution in [0.4, 0.5) is 0 Å². The molecule has 114 valence electrons. The third kappa shape index (κ3) is 2.59. The molecule has 1 aromatic rings. The minimum Gasteiger partial charge on any atom is -0.497 e. The molecule has 4 nitrogen and oxygen atoms in total. The minimum atomic E-state index is -3.00. The van der Waals surface area contributed by atoms with Crippen LogP contribution in [0.1, 0.15) is 42.5 Å². The molecule has 2 aliphatic heterocycles. The van der Waals surface area contributed by atoms with Gasteiger partial charge >= 0.3 is 0 Å². The third-order valence-corrected chi connectivity index (χ3v) is 7.52. The molecule has 3 rings (SSSR count). The van der Waals surface area contributed by atoms with Crippen molar-refractivity contribution in [3.63, 3.8) is 0 Å². The number of rotatable bonds is 3. The zero-order chi connectivity index (χ0) is 15.0. The maximum Gasteiger partial charge on any atom is 0.166 e. The molecule has 0 aliphatic carbocycles. The van der Waals surface area contributed by atoms with Gasteiger partial charge in [-0.05, 0) is 37.8 Å². The van der Waals surface area contributed by atoms with Gasteiger partial charge in [0.1, 0.15) is 5.75 Å². The lowest BCUT2D eigenvalue weighted by Gasteiger charge is -2.38. The summed E-state index contributed by atoms with van der Waals surface area (Å²) in [6, 6.07) is 7.12. The molecule has 2 saturated heterocycles. The number of carbonyl (C=O) groups is 1. The first kappa shape index (κ1) is 14.6. The van der Waals surface area contributed by atoms with Gasteiger partial charge in [0.05, 0.1) is 17.6 Å². The highest BCUT2D eigenvalue weighted by atomic mass is 32.2. The second kappa shape index (κ2) is 5.44. The number of ether oxygens (including phenoxy) is 1. The molecule has 0 radical (unpaired) electrons. The lowest BCUT2D eigenvalue weighted by Crippen LogP contribution is -2.45. The molecular formula is C16H20O4S. The average Bonchev–Trinajstić information content (AvgIpc) is 2.45. The first-order valence-electron chi connectivity index (χ1n) is 7.43. The second-order valence-corrected chi connectivity index (χ2v) is 8.54. The van der Waals surface area contributed by atoms with Crippen LogP contribution in [0.3, 0.4) is 0 Å². The van der Waals surface area contributed by atoms with Gasteiger partial charge < -0.3 is 4.74 Å². The molecule has 21 heavy (non-hydrogen) atoms. The van der Waals surface area contributed by atoms with E-state index in [0.717, 1.165) is 6.42 Å². The van der Waals surface area contributed by atoms with E-state index in [9.17, 15) is 13.2 Å². The summed E-state index contributed by atoms with van der Waals surface area (Å²) in [5.41, 5.74) is 0.622. The van der Waals surface area contributed by atoms with Crippen molar-refractivity contribution in [3.05, 3.63) is 29.8 Å². The topological polar surface area (TPSA) is 60.4 Å². The Labute approximate surface area is 125 Å². The molecule has 2 aliphatic rings. The zero-order valence-electron chi connectivity index (χ0n) is 12.1. The Morgan fingerprint density at radius 2 is 1.86 bits per heavy atom. The minimum absolute atomic E-state index is 0.0562. The summed E-state index contributed by atoms with van der Waals surface area (Å²) in [5.74, 6) is 0.543. The Kier molecular flexibility index (Phi) is 3.78. The molecule has 5 heteroatoms. The van der Waals surface area contributed by atoms with E-state index in [1.165, 1.54) is 0 Å². The zero-order valence-corrected chi connectivity index (χ0v) is 12.9. The Balaban J connectivity index is 1.83. The van der Waals surface area contributed by atoms with E-state index in [1.54, 1.807) is 31.4 Å². The van der Waals surface area contributed by atoms with Gasteiger partial charge in [-0.3, -0.25) is 4.79 Å². The van der Waals surface area contributed by atoms with Crippen LogP contribution >= 0.6 is 0 Å². The van der Waals surface area contributed by atoms with Crippen LogP contribution in [-0.4, -0.2) is 31.8 Å². The van der Waals surface area contributed by atoms with E-state index in [1.807, 2.05) is 0 Å². The number of ketones is 1. The molecule has 0 aromatic heterocycles. The van der Waals surface area contributed by atoms with Crippen LogP contribution in [0.15, 0.2) is 24.3 Å². The highest BCUT2D eigenvalue weighted by Gasteiger charge is 2.46. The number of methoxy groups -OCH3 is 1. The van der Waals surface area contributed by atoms with Crippen LogP contribution < -0.4 is 4.74 Å². The normalized spacial score (nSPS) is 30.6. The molecule has 2 unspecified atom stereocenters. The first-order chi connectivity index (χ1) is 10.0. The molecule has 1 aromatic carbocycles. The Morgan fingerprint density at radius 1 is 1.19 bits per heavy atom. The fourth-order valence-corrected chi connectivity index (χ4v) is 6.17. The number of carbonyl (C=O) groups excluding carboxylic acids is 1. The lowest BCUT2D eigenvalue weighted by atomic mass is 9.84. The SMILES string of the molecule is COc1cccc(C(=O)C2CC3CCCC(C2)S3(=O)=O)c1. The van der Waals surface area contributed by atoms with E-state index >= 15 is 0 Å². The second-order valence-electron chi connectivity index (χ2n) is 6.03. The highest BCUT2D eigenvalue weighted by Crippen LogP contribution is 2.40. The summed E-state index contributed by atoms with van der Waals surface area (Å²) < 4.78 is 29.7. The monoisotopic (exact) mass is 308 g/mol. The molecule has 2 atom stereocenters. The van der Waals surface area contributed by atoms with E-state index in [-0.39, 0.29) is 22.2 Å². The maximum absolute atomic E-state index is 12.7. The average molecular weight is 308 g/mol. The van der Waals surface area contributed by atoms with Gasteiger partial charge in [-0.1, -0.05) is 18.6 Å². The Bertz CT molecular complexity index is 630. The van der Waals surface area contributed by atoms with Crippen molar-refractivity contribution in [2.45, 2.75) is 42.6 Å². The molecule has 2 heterocycles. The van der Waals surface area contributed by atoms with Gasteiger partial charge in [-0.15, -0.1) is 0 Å². The van der Waals surface area contributed by atoms with Crippen molar-refractivity contribution < 1.29 is 17.9 Å². The van der Waals surface area contributed by atoms with Crippen LogP contribution in [-0.2, 0) is 9.84 Å². The molecule has 2 fully saturated rings. The Morgan fingerprint density at radius 3 is 2.48 bits per heavy atom. The summed E-state index contributed by atoms with van der Waals surface area (Å²) in [7, 11) is -1.43. The van der Waals surface area contributed by atoms with Gasteiger partial charge in [-0.2, -0.15) is 0 Å². The lowest BCUT2D eigenvalue weighted by molar-refractivity contribution is 0.0893. The summed E-state index contributed by atoms with van der Waals surface area (Å²) in [4.78, 5) is 12.7. The third-order valence-electron chi connectivity index (χ3n) is 4.80. The molecule has 0 amide bonds. The van der Waals surface area contributed by atoms with E-state index in [4.69, 9.17) is 4.74 Å². The fourth-order valence-electron chi connectivity index (χ4n) is 3.63. The van der Waals surface area contributed by atoms with Gasteiger partial charge in [0.2, 0.25) is 0 Å². The standard InChI is InChI=1S/C16H20O4S/c1-20-13-5-2-4-11(8-13)16(17)12-9-14-6-3-7-15(10-12)21(14,18)19/h2,4-5,8,12,14-15H,3,6-7,9-10H2,1H3. The Hall–Kier alpha value is -1.36. The van der Waals surface area contributed by atoms with Crippen molar-refractivity contribution in [2.24, 2.45) is 5.92 Å². The van der Waals surface area contributed by atoms with Gasteiger partial charge in [0, 0.05) is 11.5 Å². The molecule has 0 saturated carbocycles. The molecule has 0 spiro atoms. The summed E-state index contributed by atoms with van der Waals surface area (Å²) >= 11 is 0. The first-order valence-corrected chi connectivity index (χ1v) is 9.04. The van der Waals surface area contributed by atoms with Crippen molar-refractivity contribution in [2.75, 3.05) is 7.11 Å². The number of hydrogen-bond acceptors (Lipinski definition) is 4. The van der Waals surface area contributed by atoms with Gasteiger partial charge in [0.25, 0.3) is 0 Å². The smallest absolute Gasteiger partial charge is 0.166 e. The molecular weight excluding hydrogens is 288 g/mol. The van der Waals surface area contributed by atoms with E-state index in [0.29, 0.717) is 37.0 Å². The highest BCUT2D eigenvalue weighted by molar-refractivity contribution is 7.92. The van der Waals surface area contributed by atoms with Gasteiger partial charge in [0.15, 0.2) is 15.6 Å². The number of sulfone groups is 1.